The summed E-state index contributed by atoms with van der Waals surface area (Å²) in [6, 6.07) is 28.0. The van der Waals surface area contributed by atoms with Crippen LogP contribution in [0.25, 0.3) is 43.4 Å². The van der Waals surface area contributed by atoms with Gasteiger partial charge in [0.15, 0.2) is 0 Å². The van der Waals surface area contributed by atoms with Gasteiger partial charge in [0.05, 0.1) is 0 Å². The maximum Gasteiger partial charge on any atom is 0.0492 e. The molecule has 0 fully saturated rings. The maximum absolute atomic E-state index is 6.17. The quantitative estimate of drug-likeness (QED) is 0.142. The Morgan fingerprint density at radius 3 is 1.21 bits per heavy atom. The van der Waals surface area contributed by atoms with E-state index in [2.05, 4.69) is 23.6 Å². The number of nitrogen functional groups attached to an aromatic ring is 4. The molecular weight excluding hydrogens is 406 g/mol. The highest BCUT2D eigenvalue weighted by atomic mass is 15.0. The van der Waals surface area contributed by atoms with Crippen LogP contribution in [0.3, 0.4) is 0 Å². The van der Waals surface area contributed by atoms with Gasteiger partial charge in [-0.2, -0.15) is 0 Å². The number of rotatable bonds is 1. The summed E-state index contributed by atoms with van der Waals surface area (Å²) < 4.78 is 2.28. The number of fused-ring (bicyclic) bond motifs is 5. The van der Waals surface area contributed by atoms with E-state index in [1.54, 1.807) is 0 Å². The Kier molecular flexibility index (Phi) is 4.94. The van der Waals surface area contributed by atoms with Gasteiger partial charge in [0, 0.05) is 72.6 Å². The zero-order valence-electron chi connectivity index (χ0n) is 18.5. The fourth-order valence-electron chi connectivity index (χ4n) is 4.68. The van der Waals surface area contributed by atoms with Gasteiger partial charge in [0.25, 0.3) is 0 Å². The van der Waals surface area contributed by atoms with E-state index < -0.39 is 0 Å². The SMILES string of the molecule is CCn1c2ccc(N)cc2c2cc(N)ccc21.Nc1c2ccccc2c(N)c2ccccc12. The van der Waals surface area contributed by atoms with Crippen molar-refractivity contribution in [3.63, 3.8) is 0 Å². The lowest BCUT2D eigenvalue weighted by Gasteiger charge is -2.10. The van der Waals surface area contributed by atoms with Crippen LogP contribution in [0, 0.1) is 0 Å². The number of nitrogens with two attached hydrogens (primary N) is 4. The fraction of sp³-hybridized carbons (Fsp3) is 0.0714. The summed E-state index contributed by atoms with van der Waals surface area (Å²) in [4.78, 5) is 0. The van der Waals surface area contributed by atoms with Crippen molar-refractivity contribution in [2.24, 2.45) is 0 Å². The van der Waals surface area contributed by atoms with Crippen LogP contribution < -0.4 is 22.9 Å². The molecule has 0 saturated carbocycles. The van der Waals surface area contributed by atoms with Crippen molar-refractivity contribution in [3.05, 3.63) is 84.9 Å². The fourth-order valence-corrected chi connectivity index (χ4v) is 4.68. The molecule has 0 unspecified atom stereocenters. The summed E-state index contributed by atoms with van der Waals surface area (Å²) >= 11 is 0. The number of anilines is 4. The van der Waals surface area contributed by atoms with Crippen molar-refractivity contribution < 1.29 is 0 Å². The predicted molar refractivity (Wildman–Crippen MR) is 144 cm³/mol. The summed E-state index contributed by atoms with van der Waals surface area (Å²) in [7, 11) is 0. The third-order valence-corrected chi connectivity index (χ3v) is 6.24. The van der Waals surface area contributed by atoms with Gasteiger partial charge < -0.3 is 27.5 Å². The second-order valence-electron chi connectivity index (χ2n) is 8.22. The molecule has 5 heteroatoms. The molecule has 6 aromatic rings. The minimum Gasteiger partial charge on any atom is -0.399 e. The third kappa shape index (κ3) is 3.34. The zero-order chi connectivity index (χ0) is 23.1. The highest BCUT2D eigenvalue weighted by Gasteiger charge is 2.10. The van der Waals surface area contributed by atoms with Gasteiger partial charge in [-0.3, -0.25) is 0 Å². The molecule has 0 amide bonds. The van der Waals surface area contributed by atoms with E-state index in [-0.39, 0.29) is 0 Å². The Balaban J connectivity index is 0.000000139. The molecule has 0 radical (unpaired) electrons. The van der Waals surface area contributed by atoms with Crippen LogP contribution in [0.5, 0.6) is 0 Å². The highest BCUT2D eigenvalue weighted by Crippen LogP contribution is 2.36. The first-order valence-corrected chi connectivity index (χ1v) is 11.0. The largest absolute Gasteiger partial charge is 0.399 e. The standard InChI is InChI=1S/C14H15N3.C14H12N2/c1-2-17-13-5-3-9(15)7-11(13)12-8-10(16)4-6-14(12)17;15-13-9-5-1-2-6-10(9)14(16)12-8-4-3-7-11(12)13/h3-8H,2,15-16H2,1H3;1-8H,15-16H2. The van der Waals surface area contributed by atoms with Gasteiger partial charge in [-0.05, 0) is 43.3 Å². The molecule has 33 heavy (non-hydrogen) atoms. The molecule has 0 aliphatic carbocycles. The molecular formula is C28H27N5. The normalized spacial score (nSPS) is 11.2. The molecule has 0 bridgehead atoms. The number of benzene rings is 5. The maximum atomic E-state index is 6.17. The van der Waals surface area contributed by atoms with Crippen molar-refractivity contribution in [1.29, 1.82) is 0 Å². The summed E-state index contributed by atoms with van der Waals surface area (Å²) in [6.07, 6.45) is 0. The smallest absolute Gasteiger partial charge is 0.0492 e. The van der Waals surface area contributed by atoms with E-state index in [0.717, 1.165) is 50.8 Å². The molecule has 164 valence electrons. The molecule has 0 aliphatic heterocycles. The Hall–Kier alpha value is -4.38. The van der Waals surface area contributed by atoms with Gasteiger partial charge >= 0.3 is 0 Å². The van der Waals surface area contributed by atoms with Crippen molar-refractivity contribution in [2.75, 3.05) is 22.9 Å². The molecule has 8 N–H and O–H groups in total. The van der Waals surface area contributed by atoms with Crippen LogP contribution >= 0.6 is 0 Å². The number of hydrogen-bond acceptors (Lipinski definition) is 4. The molecule has 6 rings (SSSR count). The average molecular weight is 434 g/mol. The first kappa shape index (κ1) is 20.5. The summed E-state index contributed by atoms with van der Waals surface area (Å²) in [5, 5.41) is 6.46. The number of aryl methyl sites for hydroxylation is 1. The van der Waals surface area contributed by atoms with Gasteiger partial charge in [-0.1, -0.05) is 48.5 Å². The van der Waals surface area contributed by atoms with Gasteiger partial charge in [0.1, 0.15) is 0 Å². The first-order chi connectivity index (χ1) is 16.0. The van der Waals surface area contributed by atoms with Crippen LogP contribution in [0.4, 0.5) is 22.7 Å². The molecule has 0 spiro atoms. The Morgan fingerprint density at radius 2 is 0.879 bits per heavy atom. The minimum absolute atomic E-state index is 0.787. The lowest BCUT2D eigenvalue weighted by Crippen LogP contribution is -1.95. The first-order valence-electron chi connectivity index (χ1n) is 11.0. The number of hydrogen-bond donors (Lipinski definition) is 4. The summed E-state index contributed by atoms with van der Waals surface area (Å²) in [5.74, 6) is 0. The molecule has 5 aromatic carbocycles. The van der Waals surface area contributed by atoms with E-state index in [9.17, 15) is 0 Å². The zero-order valence-corrected chi connectivity index (χ0v) is 18.5. The highest BCUT2D eigenvalue weighted by molar-refractivity contribution is 6.18. The van der Waals surface area contributed by atoms with E-state index in [4.69, 9.17) is 22.9 Å². The summed E-state index contributed by atoms with van der Waals surface area (Å²) in [6.45, 7) is 3.08. The Morgan fingerprint density at radius 1 is 0.515 bits per heavy atom. The number of nitrogens with zero attached hydrogens (tertiary/aromatic N) is 1. The van der Waals surface area contributed by atoms with Crippen LogP contribution in [-0.2, 0) is 6.54 Å². The predicted octanol–water partition coefficient (Wildman–Crippen LogP) is 6.14. The second-order valence-corrected chi connectivity index (χ2v) is 8.22. The van der Waals surface area contributed by atoms with Crippen molar-refractivity contribution in [3.8, 4) is 0 Å². The molecule has 0 aliphatic rings. The van der Waals surface area contributed by atoms with E-state index in [1.807, 2.05) is 72.8 Å². The Labute approximate surface area is 192 Å². The van der Waals surface area contributed by atoms with E-state index >= 15 is 0 Å². The second kappa shape index (κ2) is 7.95. The molecule has 1 aromatic heterocycles. The van der Waals surface area contributed by atoms with E-state index in [0.29, 0.717) is 0 Å². The average Bonchev–Trinajstić information content (AvgIpc) is 3.15. The number of aromatic nitrogens is 1. The molecule has 1 heterocycles. The minimum atomic E-state index is 0.787. The van der Waals surface area contributed by atoms with E-state index in [1.165, 1.54) is 21.8 Å². The van der Waals surface area contributed by atoms with Crippen LogP contribution in [0.2, 0.25) is 0 Å². The third-order valence-electron chi connectivity index (χ3n) is 6.24. The van der Waals surface area contributed by atoms with Crippen LogP contribution in [0.15, 0.2) is 84.9 Å². The van der Waals surface area contributed by atoms with Crippen molar-refractivity contribution in [2.45, 2.75) is 13.5 Å². The van der Waals surface area contributed by atoms with Crippen LogP contribution in [0.1, 0.15) is 6.92 Å². The van der Waals surface area contributed by atoms with Gasteiger partial charge in [-0.15, -0.1) is 0 Å². The topological polar surface area (TPSA) is 109 Å². The van der Waals surface area contributed by atoms with Gasteiger partial charge in [-0.25, -0.2) is 0 Å². The molecule has 0 saturated heterocycles. The lowest BCUT2D eigenvalue weighted by atomic mass is 9.99. The molecule has 0 atom stereocenters. The monoisotopic (exact) mass is 433 g/mol. The van der Waals surface area contributed by atoms with Crippen LogP contribution in [-0.4, -0.2) is 4.57 Å². The molecule has 5 nitrogen and oxygen atoms in total. The lowest BCUT2D eigenvalue weighted by molar-refractivity contribution is 0.827. The van der Waals surface area contributed by atoms with Crippen molar-refractivity contribution >= 4 is 66.1 Å². The Bertz CT molecular complexity index is 1470. The van der Waals surface area contributed by atoms with Crippen molar-refractivity contribution in [1.82, 2.24) is 4.57 Å². The summed E-state index contributed by atoms with van der Waals surface area (Å²) in [5.41, 5.74) is 29.7. The van der Waals surface area contributed by atoms with Gasteiger partial charge in [0.2, 0.25) is 0 Å².